The van der Waals surface area contributed by atoms with Crippen LogP contribution in [0.5, 0.6) is 0 Å². The van der Waals surface area contributed by atoms with E-state index < -0.39 is 0 Å². The summed E-state index contributed by atoms with van der Waals surface area (Å²) in [6.45, 7) is 17.7. The van der Waals surface area contributed by atoms with Crippen LogP contribution >= 0.6 is 11.6 Å². The molecule has 0 aliphatic rings. The minimum absolute atomic E-state index is 0.110. The van der Waals surface area contributed by atoms with Crippen LogP contribution in [-0.4, -0.2) is 9.97 Å². The maximum atomic E-state index is 6.54. The van der Waals surface area contributed by atoms with E-state index in [1.165, 1.54) is 11.1 Å². The fraction of sp³-hybridized carbons (Fsp3) is 0.565. The second kappa shape index (κ2) is 8.08. The predicted octanol–water partition coefficient (Wildman–Crippen LogP) is 7.02. The van der Waals surface area contributed by atoms with E-state index in [0.29, 0.717) is 11.8 Å². The van der Waals surface area contributed by atoms with Crippen LogP contribution in [0, 0.1) is 0 Å². The molecule has 0 aromatic carbocycles. The van der Waals surface area contributed by atoms with Gasteiger partial charge in [0, 0.05) is 23.5 Å². The molecule has 0 N–H and O–H groups in total. The lowest BCUT2D eigenvalue weighted by atomic mass is 9.85. The average molecular weight is 373 g/mol. The van der Waals surface area contributed by atoms with Crippen molar-refractivity contribution in [3.8, 4) is 0 Å². The van der Waals surface area contributed by atoms with Gasteiger partial charge in [-0.05, 0) is 53.0 Å². The summed E-state index contributed by atoms with van der Waals surface area (Å²) in [6, 6.07) is 6.56. The Morgan fingerprint density at radius 2 is 1.62 bits per heavy atom. The largest absolute Gasteiger partial charge is 0.259 e. The van der Waals surface area contributed by atoms with E-state index in [0.717, 1.165) is 28.5 Å². The Kier molecular flexibility index (Phi) is 6.50. The molecule has 0 bridgehead atoms. The maximum absolute atomic E-state index is 6.54. The minimum Gasteiger partial charge on any atom is -0.259 e. The van der Waals surface area contributed by atoms with Crippen molar-refractivity contribution in [3.05, 3.63) is 57.6 Å². The third-order valence-corrected chi connectivity index (χ3v) is 5.20. The zero-order valence-electron chi connectivity index (χ0n) is 17.5. The van der Waals surface area contributed by atoms with Crippen molar-refractivity contribution in [1.82, 2.24) is 9.97 Å². The first-order chi connectivity index (χ1) is 12.0. The highest BCUT2D eigenvalue weighted by Gasteiger charge is 2.20. The van der Waals surface area contributed by atoms with Gasteiger partial charge in [-0.15, -0.1) is 0 Å². The average Bonchev–Trinajstić information content (AvgIpc) is 2.53. The summed E-state index contributed by atoms with van der Waals surface area (Å²) in [6.07, 6.45) is 2.80. The van der Waals surface area contributed by atoms with Gasteiger partial charge in [0.15, 0.2) is 0 Å². The van der Waals surface area contributed by atoms with Gasteiger partial charge in [0.1, 0.15) is 0 Å². The lowest BCUT2D eigenvalue weighted by Gasteiger charge is -2.22. The van der Waals surface area contributed by atoms with Gasteiger partial charge in [-0.2, -0.15) is 0 Å². The summed E-state index contributed by atoms with van der Waals surface area (Å²) < 4.78 is 0. The number of aromatic nitrogens is 2. The summed E-state index contributed by atoms with van der Waals surface area (Å²) in [5.41, 5.74) is 5.88. The Morgan fingerprint density at radius 3 is 2.12 bits per heavy atom. The van der Waals surface area contributed by atoms with Crippen LogP contribution in [0.3, 0.4) is 0 Å². The molecule has 0 saturated carbocycles. The second-order valence-electron chi connectivity index (χ2n) is 9.07. The van der Waals surface area contributed by atoms with Crippen LogP contribution in [0.15, 0.2) is 24.4 Å². The van der Waals surface area contributed by atoms with Crippen molar-refractivity contribution in [1.29, 1.82) is 0 Å². The van der Waals surface area contributed by atoms with E-state index in [4.69, 9.17) is 16.6 Å². The second-order valence-corrected chi connectivity index (χ2v) is 9.48. The SMILES string of the molecule is CC(C)c1cnc(C(C)Cc2cc(C(C)(C)C)cc(C(C)C)n2)c(Cl)c1. The molecule has 2 rings (SSSR count). The van der Waals surface area contributed by atoms with Gasteiger partial charge >= 0.3 is 0 Å². The summed E-state index contributed by atoms with van der Waals surface area (Å²) >= 11 is 6.54. The third-order valence-electron chi connectivity index (χ3n) is 4.90. The topological polar surface area (TPSA) is 25.8 Å². The highest BCUT2D eigenvalue weighted by Crippen LogP contribution is 2.30. The third kappa shape index (κ3) is 5.07. The molecular weight excluding hydrogens is 340 g/mol. The van der Waals surface area contributed by atoms with E-state index >= 15 is 0 Å². The molecular formula is C23H33ClN2. The summed E-state index contributed by atoms with van der Waals surface area (Å²) in [4.78, 5) is 9.58. The molecule has 2 nitrogen and oxygen atoms in total. The molecule has 3 heteroatoms. The number of pyridine rings is 2. The fourth-order valence-electron chi connectivity index (χ4n) is 3.00. The first kappa shape index (κ1) is 20.9. The van der Waals surface area contributed by atoms with Crippen molar-refractivity contribution < 1.29 is 0 Å². The van der Waals surface area contributed by atoms with Crippen LogP contribution < -0.4 is 0 Å². The van der Waals surface area contributed by atoms with Gasteiger partial charge in [-0.25, -0.2) is 0 Å². The maximum Gasteiger partial charge on any atom is 0.0627 e. The zero-order chi connectivity index (χ0) is 19.6. The van der Waals surface area contributed by atoms with Gasteiger partial charge in [-0.3, -0.25) is 9.97 Å². The van der Waals surface area contributed by atoms with E-state index in [1.54, 1.807) is 0 Å². The van der Waals surface area contributed by atoms with Crippen LogP contribution in [0.1, 0.15) is 101 Å². The minimum atomic E-state index is 0.110. The van der Waals surface area contributed by atoms with Crippen molar-refractivity contribution in [2.24, 2.45) is 0 Å². The monoisotopic (exact) mass is 372 g/mol. The quantitative estimate of drug-likeness (QED) is 0.563. The number of hydrogen-bond acceptors (Lipinski definition) is 2. The van der Waals surface area contributed by atoms with E-state index in [1.807, 2.05) is 6.20 Å². The number of nitrogens with zero attached hydrogens (tertiary/aromatic N) is 2. The molecule has 1 unspecified atom stereocenters. The Hall–Kier alpha value is -1.41. The molecule has 0 aliphatic carbocycles. The van der Waals surface area contributed by atoms with E-state index in [9.17, 15) is 0 Å². The first-order valence-corrected chi connectivity index (χ1v) is 10.0. The van der Waals surface area contributed by atoms with Gasteiger partial charge in [0.25, 0.3) is 0 Å². The molecule has 0 radical (unpaired) electrons. The fourth-order valence-corrected chi connectivity index (χ4v) is 3.36. The van der Waals surface area contributed by atoms with E-state index in [2.05, 4.69) is 78.6 Å². The predicted molar refractivity (Wildman–Crippen MR) is 112 cm³/mol. The molecule has 0 saturated heterocycles. The van der Waals surface area contributed by atoms with Crippen molar-refractivity contribution in [2.45, 2.75) is 85.0 Å². The lowest BCUT2D eigenvalue weighted by molar-refractivity contribution is 0.582. The molecule has 0 aliphatic heterocycles. The molecule has 26 heavy (non-hydrogen) atoms. The highest BCUT2D eigenvalue weighted by atomic mass is 35.5. The van der Waals surface area contributed by atoms with Crippen LogP contribution in [-0.2, 0) is 11.8 Å². The van der Waals surface area contributed by atoms with Crippen LogP contribution in [0.25, 0.3) is 0 Å². The number of halogens is 1. The summed E-state index contributed by atoms with van der Waals surface area (Å²) in [7, 11) is 0. The zero-order valence-corrected chi connectivity index (χ0v) is 18.3. The Balaban J connectivity index is 2.34. The van der Waals surface area contributed by atoms with Crippen LogP contribution in [0.2, 0.25) is 5.02 Å². The summed E-state index contributed by atoms with van der Waals surface area (Å²) in [5.74, 6) is 1.08. The van der Waals surface area contributed by atoms with Crippen molar-refractivity contribution in [3.63, 3.8) is 0 Å². The van der Waals surface area contributed by atoms with Gasteiger partial charge in [0.05, 0.1) is 10.7 Å². The Labute approximate surface area is 164 Å². The summed E-state index contributed by atoms with van der Waals surface area (Å²) in [5, 5.41) is 0.764. The van der Waals surface area contributed by atoms with E-state index in [-0.39, 0.29) is 11.3 Å². The smallest absolute Gasteiger partial charge is 0.0627 e. The van der Waals surface area contributed by atoms with Gasteiger partial charge in [0.2, 0.25) is 0 Å². The lowest BCUT2D eigenvalue weighted by Crippen LogP contribution is -2.14. The van der Waals surface area contributed by atoms with Crippen LogP contribution in [0.4, 0.5) is 0 Å². The van der Waals surface area contributed by atoms with Gasteiger partial charge < -0.3 is 0 Å². The molecule has 1 atom stereocenters. The highest BCUT2D eigenvalue weighted by molar-refractivity contribution is 6.31. The number of hydrogen-bond donors (Lipinski definition) is 0. The molecule has 2 aromatic heterocycles. The molecule has 0 spiro atoms. The molecule has 2 aromatic rings. The Morgan fingerprint density at radius 1 is 0.962 bits per heavy atom. The molecule has 0 amide bonds. The van der Waals surface area contributed by atoms with Gasteiger partial charge in [-0.1, -0.05) is 67.0 Å². The molecule has 142 valence electrons. The number of rotatable bonds is 5. The Bertz CT molecular complexity index is 757. The standard InChI is InChI=1S/C23H33ClN2/c1-14(2)17-10-20(24)22(25-13-17)16(5)9-19-11-18(23(6,7)8)12-21(26-19)15(3)4/h10-16H,9H2,1-8H3. The van der Waals surface area contributed by atoms with Crippen molar-refractivity contribution >= 4 is 11.6 Å². The molecule has 0 fully saturated rings. The first-order valence-electron chi connectivity index (χ1n) is 9.65. The molecule has 2 heterocycles. The normalized spacial score (nSPS) is 13.5. The van der Waals surface area contributed by atoms with Crippen molar-refractivity contribution in [2.75, 3.05) is 0 Å².